The quantitative estimate of drug-likeness (QED) is 0.737. The van der Waals surface area contributed by atoms with Gasteiger partial charge in [0.05, 0.1) is 0 Å². The van der Waals surface area contributed by atoms with E-state index in [1.807, 2.05) is 0 Å². The number of alkyl halides is 3. The fourth-order valence-electron chi connectivity index (χ4n) is 1.10. The summed E-state index contributed by atoms with van der Waals surface area (Å²) in [6, 6.07) is 2.87. The molecule has 0 amide bonds. The summed E-state index contributed by atoms with van der Waals surface area (Å²) in [5.41, 5.74) is 11.2. The first-order valence-corrected chi connectivity index (χ1v) is 4.38. The van der Waals surface area contributed by atoms with Gasteiger partial charge in [-0.3, -0.25) is 0 Å². The lowest BCUT2D eigenvalue weighted by Gasteiger charge is -2.14. The lowest BCUT2D eigenvalue weighted by Crippen LogP contribution is -2.21. The van der Waals surface area contributed by atoms with Crippen molar-refractivity contribution in [1.82, 2.24) is 0 Å². The van der Waals surface area contributed by atoms with Crippen LogP contribution in [0.4, 0.5) is 13.2 Å². The second-order valence-electron chi connectivity index (χ2n) is 3.12. The van der Waals surface area contributed by atoms with Gasteiger partial charge in [0.25, 0.3) is 0 Å². The standard InChI is InChI=1S/C9H11F3N2O2/c10-9(11,12)16-8-3-5(6(14)4-13)1-2-7(8)15/h1-3,6,15H,4,13-14H2/t6-/m1/s1. The van der Waals surface area contributed by atoms with Gasteiger partial charge in [-0.15, -0.1) is 13.2 Å². The smallest absolute Gasteiger partial charge is 0.504 e. The second-order valence-corrected chi connectivity index (χ2v) is 3.12. The lowest BCUT2D eigenvalue weighted by atomic mass is 10.1. The number of nitrogens with two attached hydrogens (primary N) is 2. The van der Waals surface area contributed by atoms with Crippen LogP contribution in [0.25, 0.3) is 0 Å². The molecule has 5 N–H and O–H groups in total. The molecule has 0 heterocycles. The Balaban J connectivity index is 2.99. The van der Waals surface area contributed by atoms with Gasteiger partial charge in [-0.25, -0.2) is 0 Å². The zero-order valence-electron chi connectivity index (χ0n) is 8.16. The Morgan fingerprint density at radius 2 is 2.00 bits per heavy atom. The van der Waals surface area contributed by atoms with Crippen molar-refractivity contribution in [2.45, 2.75) is 12.4 Å². The zero-order chi connectivity index (χ0) is 12.3. The molecule has 4 nitrogen and oxygen atoms in total. The monoisotopic (exact) mass is 236 g/mol. The molecule has 0 saturated heterocycles. The largest absolute Gasteiger partial charge is 0.573 e. The number of aromatic hydroxyl groups is 1. The summed E-state index contributed by atoms with van der Waals surface area (Å²) in [6.07, 6.45) is -4.86. The van der Waals surface area contributed by atoms with Gasteiger partial charge < -0.3 is 21.3 Å². The summed E-state index contributed by atoms with van der Waals surface area (Å²) in [7, 11) is 0. The van der Waals surface area contributed by atoms with E-state index in [0.29, 0.717) is 5.56 Å². The number of rotatable bonds is 3. The fraction of sp³-hybridized carbons (Fsp3) is 0.333. The van der Waals surface area contributed by atoms with Crippen molar-refractivity contribution >= 4 is 0 Å². The number of halogens is 3. The third-order valence-electron chi connectivity index (χ3n) is 1.89. The van der Waals surface area contributed by atoms with Crippen molar-refractivity contribution in [3.63, 3.8) is 0 Å². The molecule has 16 heavy (non-hydrogen) atoms. The minimum atomic E-state index is -4.86. The maximum Gasteiger partial charge on any atom is 0.573 e. The molecule has 0 aliphatic heterocycles. The predicted octanol–water partition coefficient (Wildman–Crippen LogP) is 1.25. The molecule has 1 rings (SSSR count). The van der Waals surface area contributed by atoms with Gasteiger partial charge in [0, 0.05) is 12.6 Å². The molecule has 0 aromatic heterocycles. The Labute approximate surface area is 89.6 Å². The first-order valence-electron chi connectivity index (χ1n) is 4.38. The van der Waals surface area contributed by atoms with Crippen LogP contribution in [-0.2, 0) is 0 Å². The Morgan fingerprint density at radius 1 is 1.38 bits per heavy atom. The van der Waals surface area contributed by atoms with E-state index in [0.717, 1.165) is 12.1 Å². The van der Waals surface area contributed by atoms with Crippen molar-refractivity contribution in [2.75, 3.05) is 6.54 Å². The van der Waals surface area contributed by atoms with E-state index >= 15 is 0 Å². The van der Waals surface area contributed by atoms with Crippen molar-refractivity contribution in [3.8, 4) is 11.5 Å². The van der Waals surface area contributed by atoms with Crippen LogP contribution in [0.5, 0.6) is 11.5 Å². The van der Waals surface area contributed by atoms with Crippen molar-refractivity contribution in [3.05, 3.63) is 23.8 Å². The second kappa shape index (κ2) is 4.58. The van der Waals surface area contributed by atoms with Gasteiger partial charge in [-0.2, -0.15) is 0 Å². The van der Waals surface area contributed by atoms with Crippen LogP contribution < -0.4 is 16.2 Å². The molecule has 0 spiro atoms. The molecule has 0 aliphatic rings. The molecule has 7 heteroatoms. The number of phenolic OH excluding ortho intramolecular Hbond substituents is 1. The highest BCUT2D eigenvalue weighted by atomic mass is 19.4. The number of hydrogen-bond donors (Lipinski definition) is 3. The number of benzene rings is 1. The molecule has 0 bridgehead atoms. The molecule has 0 saturated carbocycles. The van der Waals surface area contributed by atoms with E-state index in [1.165, 1.54) is 6.07 Å². The maximum atomic E-state index is 11.9. The normalized spacial score (nSPS) is 13.6. The summed E-state index contributed by atoms with van der Waals surface area (Å²) < 4.78 is 39.5. The van der Waals surface area contributed by atoms with Crippen LogP contribution in [0.3, 0.4) is 0 Å². The van der Waals surface area contributed by atoms with Gasteiger partial charge in [-0.1, -0.05) is 6.07 Å². The molecule has 0 aliphatic carbocycles. The SMILES string of the molecule is NC[C@@H](N)c1ccc(O)c(OC(F)(F)F)c1. The Hall–Kier alpha value is -1.47. The molecule has 90 valence electrons. The van der Waals surface area contributed by atoms with Gasteiger partial charge >= 0.3 is 6.36 Å². The first-order chi connectivity index (χ1) is 7.33. The van der Waals surface area contributed by atoms with E-state index in [-0.39, 0.29) is 6.54 Å². The van der Waals surface area contributed by atoms with Gasteiger partial charge in [0.15, 0.2) is 11.5 Å². The molecule has 1 aromatic rings. The highest BCUT2D eigenvalue weighted by Crippen LogP contribution is 2.33. The minimum absolute atomic E-state index is 0.0796. The third kappa shape index (κ3) is 3.28. The summed E-state index contributed by atoms with van der Waals surface area (Å²) in [5.74, 6) is -1.29. The molecular formula is C9H11F3N2O2. The lowest BCUT2D eigenvalue weighted by molar-refractivity contribution is -0.275. The molecule has 0 fully saturated rings. The van der Waals surface area contributed by atoms with E-state index in [1.54, 1.807) is 0 Å². The minimum Gasteiger partial charge on any atom is -0.504 e. The summed E-state index contributed by atoms with van der Waals surface area (Å²) in [4.78, 5) is 0. The molecule has 0 unspecified atom stereocenters. The summed E-state index contributed by atoms with van der Waals surface area (Å²) in [5, 5.41) is 9.16. The average molecular weight is 236 g/mol. The maximum absolute atomic E-state index is 11.9. The van der Waals surface area contributed by atoms with Crippen molar-refractivity contribution in [1.29, 1.82) is 0 Å². The molecule has 1 atom stereocenters. The van der Waals surface area contributed by atoms with Crippen LogP contribution in [-0.4, -0.2) is 18.0 Å². The van der Waals surface area contributed by atoms with E-state index in [4.69, 9.17) is 16.6 Å². The highest BCUT2D eigenvalue weighted by molar-refractivity contribution is 5.42. The summed E-state index contributed by atoms with van der Waals surface area (Å²) >= 11 is 0. The van der Waals surface area contributed by atoms with Crippen LogP contribution in [0.1, 0.15) is 11.6 Å². The fourth-order valence-corrected chi connectivity index (χ4v) is 1.10. The average Bonchev–Trinajstić information content (AvgIpc) is 2.18. The summed E-state index contributed by atoms with van der Waals surface area (Å²) in [6.45, 7) is 0.0796. The van der Waals surface area contributed by atoms with Crippen LogP contribution in [0.2, 0.25) is 0 Å². The highest BCUT2D eigenvalue weighted by Gasteiger charge is 2.32. The number of hydrogen-bond acceptors (Lipinski definition) is 4. The van der Waals surface area contributed by atoms with Gasteiger partial charge in [-0.05, 0) is 17.7 Å². The van der Waals surface area contributed by atoms with E-state index in [2.05, 4.69) is 4.74 Å². The Bertz CT molecular complexity index is 368. The first kappa shape index (κ1) is 12.6. The third-order valence-corrected chi connectivity index (χ3v) is 1.89. The van der Waals surface area contributed by atoms with Crippen LogP contribution in [0.15, 0.2) is 18.2 Å². The van der Waals surface area contributed by atoms with Crippen molar-refractivity contribution in [2.24, 2.45) is 11.5 Å². The van der Waals surface area contributed by atoms with E-state index in [9.17, 15) is 13.2 Å². The molecule has 1 aromatic carbocycles. The van der Waals surface area contributed by atoms with Gasteiger partial charge in [0.1, 0.15) is 0 Å². The van der Waals surface area contributed by atoms with Gasteiger partial charge in [0.2, 0.25) is 0 Å². The molecule has 0 radical (unpaired) electrons. The van der Waals surface area contributed by atoms with Crippen LogP contribution >= 0.6 is 0 Å². The Kier molecular flexibility index (Phi) is 3.61. The van der Waals surface area contributed by atoms with Crippen LogP contribution in [0, 0.1) is 0 Å². The van der Waals surface area contributed by atoms with Crippen molar-refractivity contribution < 1.29 is 23.0 Å². The number of phenols is 1. The topological polar surface area (TPSA) is 81.5 Å². The zero-order valence-corrected chi connectivity index (χ0v) is 8.16. The predicted molar refractivity (Wildman–Crippen MR) is 50.8 cm³/mol. The Morgan fingerprint density at radius 3 is 2.50 bits per heavy atom. The number of ether oxygens (including phenoxy) is 1. The van der Waals surface area contributed by atoms with E-state index < -0.39 is 23.9 Å². The molecular weight excluding hydrogens is 225 g/mol.